The third kappa shape index (κ3) is 3.12. The van der Waals surface area contributed by atoms with Crippen molar-refractivity contribution in [3.63, 3.8) is 0 Å². The van der Waals surface area contributed by atoms with Gasteiger partial charge in [0.15, 0.2) is 0 Å². The minimum atomic E-state index is -0.232. The number of hydrogen-bond donors (Lipinski definition) is 1. The molecule has 0 unspecified atom stereocenters. The van der Waals surface area contributed by atoms with Gasteiger partial charge in [-0.3, -0.25) is 0 Å². The summed E-state index contributed by atoms with van der Waals surface area (Å²) in [5.74, 6) is -0.232. The Labute approximate surface area is 111 Å². The maximum absolute atomic E-state index is 13.4. The van der Waals surface area contributed by atoms with Crippen LogP contribution in [-0.4, -0.2) is 0 Å². The van der Waals surface area contributed by atoms with Crippen LogP contribution < -0.4 is 5.73 Å². The summed E-state index contributed by atoms with van der Waals surface area (Å²) in [6.45, 7) is 4.52. The fraction of sp³-hybridized carbons (Fsp3) is 0.200. The van der Waals surface area contributed by atoms with Crippen LogP contribution in [0.1, 0.15) is 16.7 Å². The lowest BCUT2D eigenvalue weighted by atomic mass is 10.1. The van der Waals surface area contributed by atoms with Crippen molar-refractivity contribution in [3.8, 4) is 0 Å². The molecule has 2 N–H and O–H groups in total. The Morgan fingerprint density at radius 3 is 2.44 bits per heavy atom. The van der Waals surface area contributed by atoms with Crippen LogP contribution in [0.2, 0.25) is 0 Å². The number of benzene rings is 2. The Hall–Kier alpha value is -1.32. The van der Waals surface area contributed by atoms with Crippen molar-refractivity contribution >= 4 is 11.8 Å². The molecule has 3 heteroatoms. The van der Waals surface area contributed by atoms with Crippen molar-refractivity contribution in [2.75, 3.05) is 0 Å². The Kier molecular flexibility index (Phi) is 4.04. The number of nitrogens with two attached hydrogens (primary N) is 1. The molecule has 0 atom stereocenters. The predicted molar refractivity (Wildman–Crippen MR) is 74.3 cm³/mol. The Morgan fingerprint density at radius 2 is 1.78 bits per heavy atom. The van der Waals surface area contributed by atoms with Crippen LogP contribution in [0.4, 0.5) is 4.39 Å². The average Bonchev–Trinajstić information content (AvgIpc) is 2.33. The molecule has 0 heterocycles. The lowest BCUT2D eigenvalue weighted by Gasteiger charge is -2.07. The molecule has 0 aromatic heterocycles. The highest BCUT2D eigenvalue weighted by molar-refractivity contribution is 7.99. The van der Waals surface area contributed by atoms with Crippen molar-refractivity contribution in [2.45, 2.75) is 30.2 Å². The second-order valence-electron chi connectivity index (χ2n) is 4.35. The van der Waals surface area contributed by atoms with Gasteiger partial charge in [-0.05, 0) is 60.9 Å². The van der Waals surface area contributed by atoms with Crippen LogP contribution in [0.25, 0.3) is 0 Å². The molecule has 0 aliphatic heterocycles. The van der Waals surface area contributed by atoms with E-state index >= 15 is 0 Å². The standard InChI is InChI=1S/C15H16FNS/c1-10-3-4-14(5-11(10)2)18-15-7-12(9-17)6-13(16)8-15/h3-8H,9,17H2,1-2H3. The number of hydrogen-bond acceptors (Lipinski definition) is 2. The van der Waals surface area contributed by atoms with E-state index in [9.17, 15) is 4.39 Å². The SMILES string of the molecule is Cc1ccc(Sc2cc(F)cc(CN)c2)cc1C. The Morgan fingerprint density at radius 1 is 1.00 bits per heavy atom. The van der Waals surface area contributed by atoms with Gasteiger partial charge in [-0.2, -0.15) is 0 Å². The van der Waals surface area contributed by atoms with Gasteiger partial charge in [0.05, 0.1) is 0 Å². The predicted octanol–water partition coefficient (Wildman–Crippen LogP) is 4.05. The van der Waals surface area contributed by atoms with Crippen molar-refractivity contribution < 1.29 is 4.39 Å². The molecule has 0 radical (unpaired) electrons. The van der Waals surface area contributed by atoms with E-state index in [1.54, 1.807) is 17.8 Å². The van der Waals surface area contributed by atoms with Gasteiger partial charge in [0, 0.05) is 16.3 Å². The molecule has 0 spiro atoms. The van der Waals surface area contributed by atoms with Crippen molar-refractivity contribution in [2.24, 2.45) is 5.73 Å². The van der Waals surface area contributed by atoms with E-state index in [2.05, 4.69) is 32.0 Å². The molecule has 2 rings (SSSR count). The van der Waals surface area contributed by atoms with Gasteiger partial charge in [0.25, 0.3) is 0 Å². The molecule has 0 aliphatic carbocycles. The van der Waals surface area contributed by atoms with Gasteiger partial charge in [-0.25, -0.2) is 4.39 Å². The first-order valence-corrected chi connectivity index (χ1v) is 6.65. The summed E-state index contributed by atoms with van der Waals surface area (Å²) in [6.07, 6.45) is 0. The molecule has 2 aromatic carbocycles. The zero-order valence-electron chi connectivity index (χ0n) is 10.5. The number of aryl methyl sites for hydroxylation is 2. The van der Waals surface area contributed by atoms with E-state index in [4.69, 9.17) is 5.73 Å². The van der Waals surface area contributed by atoms with E-state index in [0.29, 0.717) is 6.54 Å². The van der Waals surface area contributed by atoms with Crippen molar-refractivity contribution in [1.29, 1.82) is 0 Å². The summed E-state index contributed by atoms with van der Waals surface area (Å²) < 4.78 is 13.4. The topological polar surface area (TPSA) is 26.0 Å². The lowest BCUT2D eigenvalue weighted by Crippen LogP contribution is -1.97. The average molecular weight is 261 g/mol. The Bertz CT molecular complexity index is 566. The van der Waals surface area contributed by atoms with E-state index < -0.39 is 0 Å². The summed E-state index contributed by atoms with van der Waals surface area (Å²) in [5.41, 5.74) is 8.88. The highest BCUT2D eigenvalue weighted by atomic mass is 32.2. The summed E-state index contributed by atoms with van der Waals surface area (Å²) in [6, 6.07) is 11.2. The molecule has 0 aliphatic rings. The fourth-order valence-corrected chi connectivity index (χ4v) is 2.74. The van der Waals surface area contributed by atoms with Gasteiger partial charge in [-0.15, -0.1) is 0 Å². The van der Waals surface area contributed by atoms with Gasteiger partial charge in [-0.1, -0.05) is 17.8 Å². The smallest absolute Gasteiger partial charge is 0.124 e. The van der Waals surface area contributed by atoms with Crippen molar-refractivity contribution in [1.82, 2.24) is 0 Å². The quantitative estimate of drug-likeness (QED) is 0.902. The number of halogens is 1. The molecule has 1 nitrogen and oxygen atoms in total. The number of rotatable bonds is 3. The van der Waals surface area contributed by atoms with Crippen LogP contribution >= 0.6 is 11.8 Å². The second kappa shape index (κ2) is 5.55. The zero-order chi connectivity index (χ0) is 13.1. The highest BCUT2D eigenvalue weighted by Crippen LogP contribution is 2.30. The summed E-state index contributed by atoms with van der Waals surface area (Å²) >= 11 is 1.56. The van der Waals surface area contributed by atoms with E-state index in [0.717, 1.165) is 15.4 Å². The van der Waals surface area contributed by atoms with Gasteiger partial charge in [0.2, 0.25) is 0 Å². The zero-order valence-corrected chi connectivity index (χ0v) is 11.4. The molecule has 0 amide bonds. The van der Waals surface area contributed by atoms with Gasteiger partial charge >= 0.3 is 0 Å². The first kappa shape index (κ1) is 13.1. The van der Waals surface area contributed by atoms with Crippen LogP contribution in [0.5, 0.6) is 0 Å². The third-order valence-electron chi connectivity index (χ3n) is 2.88. The van der Waals surface area contributed by atoms with Gasteiger partial charge < -0.3 is 5.73 Å². The fourth-order valence-electron chi connectivity index (χ4n) is 1.71. The summed E-state index contributed by atoms with van der Waals surface area (Å²) in [5, 5.41) is 0. The molecule has 2 aromatic rings. The monoisotopic (exact) mass is 261 g/mol. The minimum absolute atomic E-state index is 0.232. The first-order valence-electron chi connectivity index (χ1n) is 5.83. The summed E-state index contributed by atoms with van der Waals surface area (Å²) in [4.78, 5) is 2.00. The van der Waals surface area contributed by atoms with E-state index in [-0.39, 0.29) is 5.82 Å². The van der Waals surface area contributed by atoms with Crippen molar-refractivity contribution in [3.05, 3.63) is 58.9 Å². The minimum Gasteiger partial charge on any atom is -0.326 e. The van der Waals surface area contributed by atoms with E-state index in [1.165, 1.54) is 17.2 Å². The second-order valence-corrected chi connectivity index (χ2v) is 5.49. The molecule has 0 fully saturated rings. The Balaban J connectivity index is 2.27. The molecule has 94 valence electrons. The van der Waals surface area contributed by atoms with Gasteiger partial charge in [0.1, 0.15) is 5.82 Å². The molecular formula is C15H16FNS. The molecule has 0 saturated heterocycles. The van der Waals surface area contributed by atoms with Crippen LogP contribution in [-0.2, 0) is 6.54 Å². The van der Waals surface area contributed by atoms with Crippen LogP contribution in [0.3, 0.4) is 0 Å². The highest BCUT2D eigenvalue weighted by Gasteiger charge is 2.03. The molecule has 0 saturated carbocycles. The maximum atomic E-state index is 13.4. The first-order chi connectivity index (χ1) is 8.58. The van der Waals surface area contributed by atoms with Crippen LogP contribution in [0, 0.1) is 19.7 Å². The lowest BCUT2D eigenvalue weighted by molar-refractivity contribution is 0.621. The van der Waals surface area contributed by atoms with E-state index in [1.807, 2.05) is 6.07 Å². The molecular weight excluding hydrogens is 245 g/mol. The normalized spacial score (nSPS) is 10.7. The largest absolute Gasteiger partial charge is 0.326 e. The third-order valence-corrected chi connectivity index (χ3v) is 3.84. The van der Waals surface area contributed by atoms with Crippen LogP contribution in [0.15, 0.2) is 46.2 Å². The maximum Gasteiger partial charge on any atom is 0.124 e. The molecule has 18 heavy (non-hydrogen) atoms. The molecule has 0 bridgehead atoms. The summed E-state index contributed by atoms with van der Waals surface area (Å²) in [7, 11) is 0.